The molecule has 4 rings (SSSR count). The molecule has 0 saturated carbocycles. The summed E-state index contributed by atoms with van der Waals surface area (Å²) in [5.74, 6) is 2.01. The average Bonchev–Trinajstić information content (AvgIpc) is 2.70. The molecule has 0 amide bonds. The number of hydrogen-bond donors (Lipinski definition) is 2. The van der Waals surface area contributed by atoms with Gasteiger partial charge < -0.3 is 20.2 Å². The SMILES string of the molecule is CC(Nc1nc(N2CC([C@H]3CCCN(CCO)C3)C2)ncc1Cl)c1ccc(Cl)cc1F. The van der Waals surface area contributed by atoms with Crippen molar-refractivity contribution in [2.45, 2.75) is 25.8 Å². The minimum Gasteiger partial charge on any atom is -0.395 e. The van der Waals surface area contributed by atoms with Gasteiger partial charge in [0, 0.05) is 36.8 Å². The number of halogens is 3. The highest BCUT2D eigenvalue weighted by molar-refractivity contribution is 6.32. The lowest BCUT2D eigenvalue weighted by Crippen LogP contribution is -2.54. The van der Waals surface area contributed by atoms with Crippen LogP contribution < -0.4 is 10.2 Å². The van der Waals surface area contributed by atoms with Crippen molar-refractivity contribution in [1.29, 1.82) is 0 Å². The van der Waals surface area contributed by atoms with Crippen LogP contribution in [0.4, 0.5) is 16.2 Å². The molecule has 0 bridgehead atoms. The Hall–Kier alpha value is -1.67. The second-order valence-corrected chi connectivity index (χ2v) is 9.33. The Bertz CT molecular complexity index is 909. The number of aromatic nitrogens is 2. The molecular weight excluding hydrogens is 440 g/mol. The van der Waals surface area contributed by atoms with Gasteiger partial charge >= 0.3 is 0 Å². The molecule has 0 spiro atoms. The van der Waals surface area contributed by atoms with Crippen molar-refractivity contribution >= 4 is 35.0 Å². The summed E-state index contributed by atoms with van der Waals surface area (Å²) in [5, 5.41) is 13.2. The third-order valence-corrected chi connectivity index (χ3v) is 6.84. The van der Waals surface area contributed by atoms with Gasteiger partial charge in [-0.1, -0.05) is 29.3 Å². The van der Waals surface area contributed by atoms with Crippen LogP contribution in [0.2, 0.25) is 10.0 Å². The van der Waals surface area contributed by atoms with Crippen LogP contribution in [-0.4, -0.2) is 59.3 Å². The van der Waals surface area contributed by atoms with Gasteiger partial charge in [-0.15, -0.1) is 0 Å². The Labute approximate surface area is 192 Å². The number of likely N-dealkylation sites (tertiary alicyclic amines) is 1. The molecule has 2 aliphatic heterocycles. The first-order valence-electron chi connectivity index (χ1n) is 10.8. The topological polar surface area (TPSA) is 64.5 Å². The Morgan fingerprint density at radius 1 is 1.26 bits per heavy atom. The summed E-state index contributed by atoms with van der Waals surface area (Å²) in [4.78, 5) is 13.5. The molecule has 1 aromatic carbocycles. The quantitative estimate of drug-likeness (QED) is 0.634. The van der Waals surface area contributed by atoms with Crippen LogP contribution >= 0.6 is 23.2 Å². The highest BCUT2D eigenvalue weighted by Gasteiger charge is 2.37. The minimum absolute atomic E-state index is 0.218. The summed E-state index contributed by atoms with van der Waals surface area (Å²) in [6.45, 7) is 6.79. The fraction of sp³-hybridized carbons (Fsp3) is 0.545. The van der Waals surface area contributed by atoms with Crippen LogP contribution in [0.1, 0.15) is 31.4 Å². The van der Waals surface area contributed by atoms with Crippen LogP contribution in [0.25, 0.3) is 0 Å². The van der Waals surface area contributed by atoms with Gasteiger partial charge in [0.1, 0.15) is 10.8 Å². The van der Waals surface area contributed by atoms with Crippen LogP contribution in [0.5, 0.6) is 0 Å². The van der Waals surface area contributed by atoms with Crippen molar-refractivity contribution in [2.75, 3.05) is 49.5 Å². The first kappa shape index (κ1) is 22.5. The molecule has 2 saturated heterocycles. The van der Waals surface area contributed by atoms with Gasteiger partial charge in [-0.25, -0.2) is 9.37 Å². The van der Waals surface area contributed by atoms with Crippen molar-refractivity contribution in [2.24, 2.45) is 11.8 Å². The largest absolute Gasteiger partial charge is 0.395 e. The van der Waals surface area contributed by atoms with Crippen LogP contribution in [0.3, 0.4) is 0 Å². The highest BCUT2D eigenvalue weighted by Crippen LogP contribution is 2.34. The fourth-order valence-electron chi connectivity index (χ4n) is 4.54. The van der Waals surface area contributed by atoms with Gasteiger partial charge in [-0.2, -0.15) is 4.98 Å². The van der Waals surface area contributed by atoms with E-state index in [0.717, 1.165) is 32.7 Å². The zero-order chi connectivity index (χ0) is 22.0. The number of aliphatic hydroxyl groups is 1. The van der Waals surface area contributed by atoms with E-state index in [0.29, 0.717) is 39.2 Å². The first-order valence-corrected chi connectivity index (χ1v) is 11.5. The Morgan fingerprint density at radius 2 is 2.06 bits per heavy atom. The molecule has 2 atom stereocenters. The summed E-state index contributed by atoms with van der Waals surface area (Å²) in [5.41, 5.74) is 0.495. The lowest BCUT2D eigenvalue weighted by Gasteiger charge is -2.46. The Morgan fingerprint density at radius 3 is 2.81 bits per heavy atom. The smallest absolute Gasteiger partial charge is 0.227 e. The molecule has 1 unspecified atom stereocenters. The molecule has 1 aromatic heterocycles. The zero-order valence-electron chi connectivity index (χ0n) is 17.6. The summed E-state index contributed by atoms with van der Waals surface area (Å²) in [6, 6.07) is 4.30. The Kier molecular flexibility index (Phi) is 7.16. The van der Waals surface area contributed by atoms with Crippen molar-refractivity contribution in [3.8, 4) is 0 Å². The van der Waals surface area contributed by atoms with Gasteiger partial charge in [-0.05, 0) is 50.3 Å². The molecule has 3 heterocycles. The lowest BCUT2D eigenvalue weighted by atomic mass is 9.81. The van der Waals surface area contributed by atoms with E-state index in [1.54, 1.807) is 18.3 Å². The predicted molar refractivity (Wildman–Crippen MR) is 122 cm³/mol. The van der Waals surface area contributed by atoms with E-state index in [1.165, 1.54) is 18.9 Å². The van der Waals surface area contributed by atoms with Gasteiger partial charge in [0.05, 0.1) is 18.8 Å². The van der Waals surface area contributed by atoms with Crippen LogP contribution in [0, 0.1) is 17.7 Å². The van der Waals surface area contributed by atoms with Crippen LogP contribution in [-0.2, 0) is 0 Å². The molecule has 2 fully saturated rings. The molecule has 0 aliphatic carbocycles. The van der Waals surface area contributed by atoms with Crippen molar-refractivity contribution < 1.29 is 9.50 Å². The molecule has 6 nitrogen and oxygen atoms in total. The molecule has 168 valence electrons. The van der Waals surface area contributed by atoms with Gasteiger partial charge in [0.25, 0.3) is 0 Å². The molecule has 2 aliphatic rings. The van der Waals surface area contributed by atoms with E-state index in [1.807, 2.05) is 6.92 Å². The van der Waals surface area contributed by atoms with E-state index in [-0.39, 0.29) is 18.5 Å². The molecule has 31 heavy (non-hydrogen) atoms. The average molecular weight is 468 g/mol. The number of nitrogens with zero attached hydrogens (tertiary/aromatic N) is 4. The summed E-state index contributed by atoms with van der Waals surface area (Å²) >= 11 is 12.2. The van der Waals surface area contributed by atoms with Gasteiger partial charge in [-0.3, -0.25) is 0 Å². The number of piperidine rings is 1. The number of aliphatic hydroxyl groups excluding tert-OH is 1. The zero-order valence-corrected chi connectivity index (χ0v) is 19.1. The van der Waals surface area contributed by atoms with Crippen molar-refractivity contribution in [3.05, 3.63) is 45.8 Å². The number of hydrogen-bond acceptors (Lipinski definition) is 6. The number of benzene rings is 1. The second kappa shape index (κ2) is 9.86. The van der Waals surface area contributed by atoms with Crippen molar-refractivity contribution in [1.82, 2.24) is 14.9 Å². The number of rotatable bonds is 7. The number of anilines is 2. The summed E-state index contributed by atoms with van der Waals surface area (Å²) in [6.07, 6.45) is 4.01. The monoisotopic (exact) mass is 467 g/mol. The number of nitrogens with one attached hydrogen (secondary N) is 1. The third-order valence-electron chi connectivity index (χ3n) is 6.33. The van der Waals surface area contributed by atoms with E-state index >= 15 is 0 Å². The molecule has 2 aromatic rings. The predicted octanol–water partition coefficient (Wildman–Crippen LogP) is 4.24. The highest BCUT2D eigenvalue weighted by atomic mass is 35.5. The molecule has 0 radical (unpaired) electrons. The normalized spacial score (nSPS) is 21.1. The van der Waals surface area contributed by atoms with Crippen LogP contribution in [0.15, 0.2) is 24.4 Å². The summed E-state index contributed by atoms with van der Waals surface area (Å²) in [7, 11) is 0. The van der Waals surface area contributed by atoms with Gasteiger partial charge in [0.15, 0.2) is 5.82 Å². The van der Waals surface area contributed by atoms with Crippen molar-refractivity contribution in [3.63, 3.8) is 0 Å². The van der Waals surface area contributed by atoms with E-state index in [9.17, 15) is 9.50 Å². The van der Waals surface area contributed by atoms with E-state index in [4.69, 9.17) is 23.2 Å². The third kappa shape index (κ3) is 5.22. The first-order chi connectivity index (χ1) is 14.9. The summed E-state index contributed by atoms with van der Waals surface area (Å²) < 4.78 is 14.3. The number of β-amino-alcohol motifs (C(OH)–C–C–N with tert-alkyl or cyclic N) is 1. The Balaban J connectivity index is 1.38. The standard InChI is InChI=1S/C22H28Cl2FN5O/c1-14(18-5-4-17(23)9-20(18)25)27-21-19(24)10-26-22(28-21)30-12-16(13-30)15-3-2-6-29(11-15)7-8-31/h4-5,9-10,14-16,31H,2-3,6-8,11-13H2,1H3,(H,26,27,28)/t14?,15-/m0/s1. The maximum atomic E-state index is 14.3. The molecule has 9 heteroatoms. The minimum atomic E-state index is -0.369. The second-order valence-electron chi connectivity index (χ2n) is 8.49. The van der Waals surface area contributed by atoms with Gasteiger partial charge in [0.2, 0.25) is 5.95 Å². The lowest BCUT2D eigenvalue weighted by molar-refractivity contribution is 0.101. The van der Waals surface area contributed by atoms with E-state index in [2.05, 4.69) is 25.1 Å². The fourth-order valence-corrected chi connectivity index (χ4v) is 4.85. The maximum absolute atomic E-state index is 14.3. The molecule has 2 N–H and O–H groups in total. The maximum Gasteiger partial charge on any atom is 0.227 e. The molecular formula is C22H28Cl2FN5O. The van der Waals surface area contributed by atoms with E-state index < -0.39 is 0 Å².